The van der Waals surface area contributed by atoms with Crippen molar-refractivity contribution in [3.05, 3.63) is 71.4 Å². The number of phenols is 1. The second kappa shape index (κ2) is 4.79. The Bertz CT molecular complexity index is 999. The molecule has 1 aromatic heterocycles. The van der Waals surface area contributed by atoms with Gasteiger partial charge < -0.3 is 5.11 Å². The van der Waals surface area contributed by atoms with Gasteiger partial charge in [-0.15, -0.1) is 0 Å². The molecule has 0 saturated heterocycles. The van der Waals surface area contributed by atoms with Crippen LogP contribution in [0.3, 0.4) is 0 Å². The number of carbonyl (C=O) groups is 1. The number of phenolic OH excluding ortho intramolecular Hbond substituents is 1. The predicted molar refractivity (Wildman–Crippen MR) is 84.9 cm³/mol. The van der Waals surface area contributed by atoms with E-state index in [2.05, 4.69) is 11.1 Å². The van der Waals surface area contributed by atoms with Crippen molar-refractivity contribution in [1.82, 2.24) is 4.98 Å². The third-order valence-electron chi connectivity index (χ3n) is 4.01. The third-order valence-corrected chi connectivity index (χ3v) is 4.01. The van der Waals surface area contributed by atoms with E-state index < -0.39 is 0 Å². The van der Waals surface area contributed by atoms with Crippen molar-refractivity contribution < 1.29 is 9.90 Å². The van der Waals surface area contributed by atoms with Crippen molar-refractivity contribution in [2.24, 2.45) is 0 Å². The predicted octanol–water partition coefficient (Wildman–Crippen LogP) is 3.54. The summed E-state index contributed by atoms with van der Waals surface area (Å²) >= 11 is 0. The molecular formula is C19H10N2O2. The minimum Gasteiger partial charge on any atom is -0.508 e. The monoisotopic (exact) mass is 298 g/mol. The standard InChI is InChI=1S/C19H10N2O2/c20-9-12-10-21-18-14-3-1-2-4-15(14)19(23)17(18)16(12)11-5-7-13(22)8-6-11/h1-8,10,22H. The first-order valence-corrected chi connectivity index (χ1v) is 7.07. The first-order chi connectivity index (χ1) is 11.2. The van der Waals surface area contributed by atoms with Gasteiger partial charge in [0.05, 0.1) is 16.8 Å². The van der Waals surface area contributed by atoms with Crippen molar-refractivity contribution in [3.8, 4) is 34.2 Å². The summed E-state index contributed by atoms with van der Waals surface area (Å²) in [5, 5.41) is 18.9. The van der Waals surface area contributed by atoms with Gasteiger partial charge >= 0.3 is 0 Å². The zero-order chi connectivity index (χ0) is 16.0. The Balaban J connectivity index is 2.07. The Kier molecular flexibility index (Phi) is 2.75. The van der Waals surface area contributed by atoms with Crippen molar-refractivity contribution in [2.45, 2.75) is 0 Å². The molecule has 2 aromatic carbocycles. The summed E-state index contributed by atoms with van der Waals surface area (Å²) in [6.45, 7) is 0. The molecular weight excluding hydrogens is 288 g/mol. The Hall–Kier alpha value is -3.45. The molecule has 1 aliphatic rings. The van der Waals surface area contributed by atoms with E-state index >= 15 is 0 Å². The topological polar surface area (TPSA) is 74.0 Å². The second-order valence-electron chi connectivity index (χ2n) is 5.30. The minimum absolute atomic E-state index is 0.122. The summed E-state index contributed by atoms with van der Waals surface area (Å²) < 4.78 is 0. The van der Waals surface area contributed by atoms with Crippen molar-refractivity contribution in [2.75, 3.05) is 0 Å². The number of nitrogens with zero attached hydrogens (tertiary/aromatic N) is 2. The van der Waals surface area contributed by atoms with Gasteiger partial charge in [0.25, 0.3) is 0 Å². The lowest BCUT2D eigenvalue weighted by Crippen LogP contribution is -2.01. The molecule has 0 fully saturated rings. The summed E-state index contributed by atoms with van der Waals surface area (Å²) in [4.78, 5) is 17.2. The Morgan fingerprint density at radius 2 is 1.65 bits per heavy atom. The average Bonchev–Trinajstić information content (AvgIpc) is 2.88. The maximum Gasteiger partial charge on any atom is 0.196 e. The number of rotatable bonds is 1. The molecule has 4 nitrogen and oxygen atoms in total. The van der Waals surface area contributed by atoms with Crippen LogP contribution < -0.4 is 0 Å². The molecule has 0 amide bonds. The average molecular weight is 298 g/mol. The molecule has 0 atom stereocenters. The van der Waals surface area contributed by atoms with Gasteiger partial charge in [-0.3, -0.25) is 9.78 Å². The van der Waals surface area contributed by atoms with Gasteiger partial charge in [0.2, 0.25) is 0 Å². The molecule has 23 heavy (non-hydrogen) atoms. The number of ketones is 1. The number of pyridine rings is 1. The van der Waals surface area contributed by atoms with Gasteiger partial charge in [-0.25, -0.2) is 0 Å². The van der Waals surface area contributed by atoms with Gasteiger partial charge in [-0.05, 0) is 17.7 Å². The molecule has 0 unspecified atom stereocenters. The van der Waals surface area contributed by atoms with E-state index in [1.165, 1.54) is 18.3 Å². The Labute approximate surface area is 132 Å². The second-order valence-corrected chi connectivity index (χ2v) is 5.30. The number of nitriles is 1. The Morgan fingerprint density at radius 1 is 0.957 bits per heavy atom. The fourth-order valence-electron chi connectivity index (χ4n) is 2.97. The number of fused-ring (bicyclic) bond motifs is 3. The van der Waals surface area contributed by atoms with Gasteiger partial charge in [0, 0.05) is 22.9 Å². The van der Waals surface area contributed by atoms with Crippen LogP contribution in [0.4, 0.5) is 0 Å². The third kappa shape index (κ3) is 1.84. The van der Waals surface area contributed by atoms with Crippen LogP contribution in [0.5, 0.6) is 5.75 Å². The van der Waals surface area contributed by atoms with Gasteiger partial charge in [0.1, 0.15) is 11.8 Å². The van der Waals surface area contributed by atoms with Gasteiger partial charge in [-0.2, -0.15) is 5.26 Å². The van der Waals surface area contributed by atoms with E-state index in [1.807, 2.05) is 18.2 Å². The fraction of sp³-hybridized carbons (Fsp3) is 0. The smallest absolute Gasteiger partial charge is 0.196 e. The largest absolute Gasteiger partial charge is 0.508 e. The number of aromatic hydroxyl groups is 1. The molecule has 3 aromatic rings. The number of hydrogen-bond donors (Lipinski definition) is 1. The van der Waals surface area contributed by atoms with Crippen LogP contribution in [-0.2, 0) is 0 Å². The fourth-order valence-corrected chi connectivity index (χ4v) is 2.97. The zero-order valence-corrected chi connectivity index (χ0v) is 11.9. The Morgan fingerprint density at radius 3 is 2.35 bits per heavy atom. The molecule has 1 N–H and O–H groups in total. The van der Waals surface area contributed by atoms with Gasteiger partial charge in [-0.1, -0.05) is 36.4 Å². The summed E-state index contributed by atoms with van der Waals surface area (Å²) in [5.74, 6) is 0.0100. The highest BCUT2D eigenvalue weighted by molar-refractivity contribution is 6.24. The molecule has 0 bridgehead atoms. The molecule has 0 radical (unpaired) electrons. The van der Waals surface area contributed by atoms with Gasteiger partial charge in [0.15, 0.2) is 5.78 Å². The SMILES string of the molecule is N#Cc1cnc2c(c1-c1ccc(O)cc1)C(=O)c1ccccc1-2. The lowest BCUT2D eigenvalue weighted by molar-refractivity contribution is 0.104. The van der Waals surface area contributed by atoms with E-state index in [0.29, 0.717) is 33.5 Å². The van der Waals surface area contributed by atoms with E-state index in [9.17, 15) is 15.2 Å². The molecule has 1 heterocycles. The zero-order valence-electron chi connectivity index (χ0n) is 11.9. The first kappa shape index (κ1) is 13.2. The number of carbonyl (C=O) groups excluding carboxylic acids is 1. The van der Waals surface area contributed by atoms with Crippen molar-refractivity contribution >= 4 is 5.78 Å². The maximum atomic E-state index is 12.8. The van der Waals surface area contributed by atoms with E-state index in [-0.39, 0.29) is 11.5 Å². The molecule has 0 aliphatic heterocycles. The highest BCUT2D eigenvalue weighted by Gasteiger charge is 2.32. The molecule has 4 heteroatoms. The minimum atomic E-state index is -0.122. The van der Waals surface area contributed by atoms with Crippen molar-refractivity contribution in [3.63, 3.8) is 0 Å². The van der Waals surface area contributed by atoms with Crippen LogP contribution in [0.25, 0.3) is 22.4 Å². The summed E-state index contributed by atoms with van der Waals surface area (Å²) in [6, 6.07) is 15.9. The normalized spacial score (nSPS) is 11.7. The van der Waals surface area contributed by atoms with E-state index in [4.69, 9.17) is 0 Å². The van der Waals surface area contributed by atoms with Crippen LogP contribution in [0.2, 0.25) is 0 Å². The lowest BCUT2D eigenvalue weighted by atomic mass is 9.94. The van der Waals surface area contributed by atoms with Crippen LogP contribution in [0, 0.1) is 11.3 Å². The highest BCUT2D eigenvalue weighted by atomic mass is 16.3. The molecule has 4 rings (SSSR count). The van der Waals surface area contributed by atoms with Crippen LogP contribution in [0.1, 0.15) is 21.5 Å². The van der Waals surface area contributed by atoms with Crippen molar-refractivity contribution in [1.29, 1.82) is 5.26 Å². The van der Waals surface area contributed by atoms with Crippen LogP contribution in [0.15, 0.2) is 54.7 Å². The van der Waals surface area contributed by atoms with E-state index in [0.717, 1.165) is 5.56 Å². The molecule has 1 aliphatic carbocycles. The quantitative estimate of drug-likeness (QED) is 0.583. The maximum absolute atomic E-state index is 12.8. The first-order valence-electron chi connectivity index (χ1n) is 7.07. The summed E-state index contributed by atoms with van der Waals surface area (Å²) in [7, 11) is 0. The molecule has 108 valence electrons. The van der Waals surface area contributed by atoms with Crippen LogP contribution >= 0.6 is 0 Å². The van der Waals surface area contributed by atoms with E-state index in [1.54, 1.807) is 18.2 Å². The molecule has 0 spiro atoms. The molecule has 0 saturated carbocycles. The number of benzene rings is 2. The summed E-state index contributed by atoms with van der Waals surface area (Å²) in [5.41, 5.74) is 4.07. The highest BCUT2D eigenvalue weighted by Crippen LogP contribution is 2.41. The number of hydrogen-bond acceptors (Lipinski definition) is 4. The van der Waals surface area contributed by atoms with Crippen LogP contribution in [-0.4, -0.2) is 15.9 Å². The lowest BCUT2D eigenvalue weighted by Gasteiger charge is -2.09. The summed E-state index contributed by atoms with van der Waals surface area (Å²) in [6.07, 6.45) is 1.50. The number of aromatic nitrogens is 1.